The SMILES string of the molecule is c1ccc(CN2CCCN(c3nccn4cnnc34)CC2)cc1. The molecule has 0 bridgehead atoms. The summed E-state index contributed by atoms with van der Waals surface area (Å²) in [6, 6.07) is 10.7. The Labute approximate surface area is 135 Å². The fourth-order valence-electron chi connectivity index (χ4n) is 3.15. The summed E-state index contributed by atoms with van der Waals surface area (Å²) in [7, 11) is 0. The maximum atomic E-state index is 4.54. The zero-order valence-electron chi connectivity index (χ0n) is 13.0. The Balaban J connectivity index is 1.48. The summed E-state index contributed by atoms with van der Waals surface area (Å²) in [5, 5.41) is 8.19. The lowest BCUT2D eigenvalue weighted by Gasteiger charge is -2.22. The maximum Gasteiger partial charge on any atom is 0.203 e. The van der Waals surface area contributed by atoms with Gasteiger partial charge in [0.15, 0.2) is 5.82 Å². The van der Waals surface area contributed by atoms with E-state index < -0.39 is 0 Å². The normalized spacial score (nSPS) is 16.6. The third kappa shape index (κ3) is 3.03. The lowest BCUT2D eigenvalue weighted by Crippen LogP contribution is -2.31. The van der Waals surface area contributed by atoms with E-state index >= 15 is 0 Å². The van der Waals surface area contributed by atoms with Gasteiger partial charge in [-0.2, -0.15) is 0 Å². The Morgan fingerprint density at radius 3 is 2.83 bits per heavy atom. The molecular formula is C17H20N6. The van der Waals surface area contributed by atoms with E-state index in [1.807, 2.05) is 16.8 Å². The number of aromatic nitrogens is 4. The quantitative estimate of drug-likeness (QED) is 0.739. The fraction of sp³-hybridized carbons (Fsp3) is 0.353. The van der Waals surface area contributed by atoms with E-state index in [9.17, 15) is 0 Å². The number of fused-ring (bicyclic) bond motifs is 1. The minimum Gasteiger partial charge on any atom is -0.352 e. The number of benzene rings is 1. The van der Waals surface area contributed by atoms with Crippen LogP contribution in [0.5, 0.6) is 0 Å². The van der Waals surface area contributed by atoms with Crippen molar-refractivity contribution in [1.29, 1.82) is 0 Å². The van der Waals surface area contributed by atoms with Crippen LogP contribution < -0.4 is 4.90 Å². The molecule has 0 saturated carbocycles. The number of hydrogen-bond acceptors (Lipinski definition) is 5. The highest BCUT2D eigenvalue weighted by Gasteiger charge is 2.18. The average molecular weight is 308 g/mol. The second-order valence-corrected chi connectivity index (χ2v) is 5.92. The summed E-state index contributed by atoms with van der Waals surface area (Å²) in [5.41, 5.74) is 2.21. The van der Waals surface area contributed by atoms with Crippen LogP contribution in [-0.2, 0) is 6.54 Å². The van der Waals surface area contributed by atoms with E-state index in [0.717, 1.165) is 50.6 Å². The lowest BCUT2D eigenvalue weighted by molar-refractivity contribution is 0.285. The van der Waals surface area contributed by atoms with Crippen molar-refractivity contribution in [2.75, 3.05) is 31.1 Å². The Morgan fingerprint density at radius 1 is 1.00 bits per heavy atom. The van der Waals surface area contributed by atoms with E-state index in [0.29, 0.717) is 0 Å². The van der Waals surface area contributed by atoms with Crippen LogP contribution in [0.4, 0.5) is 5.82 Å². The molecule has 0 amide bonds. The largest absolute Gasteiger partial charge is 0.352 e. The van der Waals surface area contributed by atoms with Crippen LogP contribution in [-0.4, -0.2) is 50.7 Å². The Bertz CT molecular complexity index is 769. The number of anilines is 1. The number of hydrogen-bond donors (Lipinski definition) is 0. The molecule has 4 rings (SSSR count). The first-order valence-corrected chi connectivity index (χ1v) is 8.06. The second kappa shape index (κ2) is 6.34. The molecular weight excluding hydrogens is 288 g/mol. The summed E-state index contributed by atoms with van der Waals surface area (Å²) in [6.45, 7) is 5.13. The van der Waals surface area contributed by atoms with Crippen molar-refractivity contribution in [2.24, 2.45) is 0 Å². The summed E-state index contributed by atoms with van der Waals surface area (Å²) in [5.74, 6) is 0.937. The van der Waals surface area contributed by atoms with Gasteiger partial charge in [0.05, 0.1) is 0 Å². The van der Waals surface area contributed by atoms with E-state index in [2.05, 4.69) is 55.3 Å². The highest BCUT2D eigenvalue weighted by Crippen LogP contribution is 2.18. The molecule has 0 unspecified atom stereocenters. The van der Waals surface area contributed by atoms with Gasteiger partial charge in [-0.3, -0.25) is 9.30 Å². The molecule has 2 aromatic heterocycles. The molecule has 6 nitrogen and oxygen atoms in total. The molecule has 0 atom stereocenters. The zero-order valence-corrected chi connectivity index (χ0v) is 13.0. The molecule has 0 N–H and O–H groups in total. The highest BCUT2D eigenvalue weighted by molar-refractivity contribution is 5.63. The van der Waals surface area contributed by atoms with Crippen LogP contribution in [0.1, 0.15) is 12.0 Å². The fourth-order valence-corrected chi connectivity index (χ4v) is 3.15. The van der Waals surface area contributed by atoms with Gasteiger partial charge in [0, 0.05) is 45.1 Å². The molecule has 1 aliphatic heterocycles. The topological polar surface area (TPSA) is 49.6 Å². The molecule has 0 radical (unpaired) electrons. The van der Waals surface area contributed by atoms with Gasteiger partial charge in [0.2, 0.25) is 5.65 Å². The molecule has 3 aromatic rings. The number of rotatable bonds is 3. The van der Waals surface area contributed by atoms with Crippen LogP contribution in [0.2, 0.25) is 0 Å². The van der Waals surface area contributed by atoms with Gasteiger partial charge >= 0.3 is 0 Å². The Hall–Kier alpha value is -2.47. The standard InChI is InChI=1S/C17H20N6/c1-2-5-15(6-3-1)13-21-8-4-9-22(12-11-21)16-17-20-19-14-23(17)10-7-18-16/h1-3,5-7,10,14H,4,8-9,11-13H2. The van der Waals surface area contributed by atoms with E-state index in [-0.39, 0.29) is 0 Å². The third-order valence-electron chi connectivity index (χ3n) is 4.33. The zero-order chi connectivity index (χ0) is 15.5. The van der Waals surface area contributed by atoms with Gasteiger partial charge in [-0.15, -0.1) is 10.2 Å². The molecule has 6 heteroatoms. The van der Waals surface area contributed by atoms with Gasteiger partial charge in [0.25, 0.3) is 0 Å². The van der Waals surface area contributed by atoms with Gasteiger partial charge in [0.1, 0.15) is 6.33 Å². The van der Waals surface area contributed by atoms with Crippen molar-refractivity contribution >= 4 is 11.5 Å². The molecule has 3 heterocycles. The lowest BCUT2D eigenvalue weighted by atomic mass is 10.2. The van der Waals surface area contributed by atoms with Crippen molar-refractivity contribution in [3.8, 4) is 0 Å². The smallest absolute Gasteiger partial charge is 0.203 e. The summed E-state index contributed by atoms with van der Waals surface area (Å²) >= 11 is 0. The highest BCUT2D eigenvalue weighted by atomic mass is 15.3. The number of nitrogens with zero attached hydrogens (tertiary/aromatic N) is 6. The van der Waals surface area contributed by atoms with Crippen LogP contribution in [0.25, 0.3) is 5.65 Å². The molecule has 1 fully saturated rings. The molecule has 1 aliphatic rings. The maximum absolute atomic E-state index is 4.54. The second-order valence-electron chi connectivity index (χ2n) is 5.92. The van der Waals surface area contributed by atoms with Crippen molar-refractivity contribution in [1.82, 2.24) is 24.5 Å². The van der Waals surface area contributed by atoms with Gasteiger partial charge in [-0.1, -0.05) is 30.3 Å². The average Bonchev–Trinajstić information content (AvgIpc) is 2.96. The minimum absolute atomic E-state index is 0.837. The van der Waals surface area contributed by atoms with Crippen LogP contribution in [0.3, 0.4) is 0 Å². The summed E-state index contributed by atoms with van der Waals surface area (Å²) in [4.78, 5) is 9.38. The van der Waals surface area contributed by atoms with Crippen LogP contribution >= 0.6 is 0 Å². The van der Waals surface area contributed by atoms with E-state index in [1.165, 1.54) is 5.56 Å². The molecule has 1 saturated heterocycles. The van der Waals surface area contributed by atoms with Crippen LogP contribution in [0.15, 0.2) is 49.1 Å². The van der Waals surface area contributed by atoms with Crippen molar-refractivity contribution in [2.45, 2.75) is 13.0 Å². The minimum atomic E-state index is 0.837. The van der Waals surface area contributed by atoms with E-state index in [4.69, 9.17) is 0 Å². The van der Waals surface area contributed by atoms with Gasteiger partial charge in [-0.25, -0.2) is 4.98 Å². The Morgan fingerprint density at radius 2 is 1.91 bits per heavy atom. The Kier molecular flexibility index (Phi) is 3.90. The predicted molar refractivity (Wildman–Crippen MR) is 89.3 cm³/mol. The first-order valence-electron chi connectivity index (χ1n) is 8.06. The molecule has 0 spiro atoms. The molecule has 118 valence electrons. The first-order chi connectivity index (χ1) is 11.4. The first kappa shape index (κ1) is 14.1. The summed E-state index contributed by atoms with van der Waals surface area (Å²) in [6.07, 6.45) is 6.56. The molecule has 0 aliphatic carbocycles. The van der Waals surface area contributed by atoms with Gasteiger partial charge in [-0.05, 0) is 12.0 Å². The van der Waals surface area contributed by atoms with E-state index in [1.54, 1.807) is 6.33 Å². The molecule has 1 aromatic carbocycles. The van der Waals surface area contributed by atoms with Crippen molar-refractivity contribution in [3.05, 3.63) is 54.6 Å². The van der Waals surface area contributed by atoms with Crippen molar-refractivity contribution in [3.63, 3.8) is 0 Å². The molecule has 23 heavy (non-hydrogen) atoms. The monoisotopic (exact) mass is 308 g/mol. The summed E-state index contributed by atoms with van der Waals surface area (Å²) < 4.78 is 1.93. The van der Waals surface area contributed by atoms with Crippen molar-refractivity contribution < 1.29 is 0 Å². The van der Waals surface area contributed by atoms with Crippen LogP contribution in [0, 0.1) is 0 Å². The predicted octanol–water partition coefficient (Wildman–Crippen LogP) is 1.84. The van der Waals surface area contributed by atoms with Gasteiger partial charge < -0.3 is 4.90 Å². The third-order valence-corrected chi connectivity index (χ3v) is 4.33.